The first-order valence-electron chi connectivity index (χ1n) is 8.72. The molecule has 4 N–H and O–H groups in total. The third-order valence-electron chi connectivity index (χ3n) is 4.81. The van der Waals surface area contributed by atoms with Gasteiger partial charge in [0.05, 0.1) is 23.8 Å². The third-order valence-corrected chi connectivity index (χ3v) is 4.81. The summed E-state index contributed by atoms with van der Waals surface area (Å²) in [6.45, 7) is 0.664. The molecule has 3 aromatic heterocycles. The topological polar surface area (TPSA) is 137 Å². The molecule has 1 amide bonds. The van der Waals surface area contributed by atoms with Crippen molar-refractivity contribution in [2.24, 2.45) is 5.73 Å². The quantitative estimate of drug-likeness (QED) is 0.621. The van der Waals surface area contributed by atoms with Gasteiger partial charge in [0.25, 0.3) is 5.91 Å². The first-order valence-corrected chi connectivity index (χ1v) is 8.72. The largest absolute Gasteiger partial charge is 0.378 e. The maximum atomic E-state index is 14.9. The number of hydrogen-bond donors (Lipinski definition) is 3. The van der Waals surface area contributed by atoms with Crippen LogP contribution in [0.3, 0.4) is 0 Å². The van der Waals surface area contributed by atoms with Gasteiger partial charge in [-0.2, -0.15) is 5.26 Å². The number of aromatic nitrogens is 4. The van der Waals surface area contributed by atoms with Crippen LogP contribution in [-0.2, 0) is 0 Å². The van der Waals surface area contributed by atoms with Crippen molar-refractivity contribution in [1.82, 2.24) is 20.2 Å². The maximum absolute atomic E-state index is 14.9. The summed E-state index contributed by atoms with van der Waals surface area (Å²) >= 11 is 0. The number of piperidine rings is 1. The fraction of sp³-hybridized carbons (Fsp3) is 0.278. The van der Waals surface area contributed by atoms with Crippen LogP contribution in [0.1, 0.15) is 22.5 Å². The number of fused-ring (bicyclic) bond motifs is 1. The molecule has 0 saturated carbocycles. The molecule has 0 radical (unpaired) electrons. The summed E-state index contributed by atoms with van der Waals surface area (Å²) in [5.41, 5.74) is 6.98. The lowest BCUT2D eigenvalue weighted by atomic mass is 10.0. The summed E-state index contributed by atoms with van der Waals surface area (Å²) in [4.78, 5) is 20.7. The second-order valence-electron chi connectivity index (χ2n) is 6.54. The van der Waals surface area contributed by atoms with Crippen molar-refractivity contribution < 1.29 is 9.18 Å². The van der Waals surface area contributed by atoms with Gasteiger partial charge in [0.2, 0.25) is 0 Å². The molecule has 28 heavy (non-hydrogen) atoms. The highest BCUT2D eigenvalue weighted by molar-refractivity contribution is 6.06. The molecule has 0 bridgehead atoms. The van der Waals surface area contributed by atoms with Gasteiger partial charge in [0, 0.05) is 24.3 Å². The van der Waals surface area contributed by atoms with Gasteiger partial charge in [-0.05, 0) is 24.6 Å². The molecule has 0 aliphatic carbocycles. The summed E-state index contributed by atoms with van der Waals surface area (Å²) in [6, 6.07) is 6.39. The van der Waals surface area contributed by atoms with Gasteiger partial charge in [-0.3, -0.25) is 4.79 Å². The van der Waals surface area contributed by atoms with E-state index in [0.29, 0.717) is 35.5 Å². The zero-order valence-electron chi connectivity index (χ0n) is 14.8. The lowest BCUT2D eigenvalue weighted by Crippen LogP contribution is -2.48. The molecule has 3 aromatic rings. The molecule has 0 aromatic carbocycles. The molecule has 142 valence electrons. The zero-order valence-corrected chi connectivity index (χ0v) is 14.8. The highest BCUT2D eigenvalue weighted by atomic mass is 19.1. The maximum Gasteiger partial charge on any atom is 0.252 e. The Hall–Kier alpha value is -3.74. The standard InChI is InChI=1S/C18H17FN8O/c19-13-9-27(15-2-1-10(7-20)25-26-15)6-4-14(13)24-16-11-3-5-22-18(11)23-8-12(16)17(21)28/h1-3,5,8,13-14H,4,6,9H2,(H2,21,28)(H2,22,23,24)/t13-,14-/m0/s1. The lowest BCUT2D eigenvalue weighted by Gasteiger charge is -2.36. The van der Waals surface area contributed by atoms with E-state index in [4.69, 9.17) is 11.0 Å². The van der Waals surface area contributed by atoms with Gasteiger partial charge in [-0.15, -0.1) is 10.2 Å². The fourth-order valence-corrected chi connectivity index (χ4v) is 3.36. The number of aromatic amines is 1. The van der Waals surface area contributed by atoms with Crippen molar-refractivity contribution in [3.63, 3.8) is 0 Å². The Labute approximate surface area is 159 Å². The Balaban J connectivity index is 1.54. The molecule has 10 heteroatoms. The minimum absolute atomic E-state index is 0.117. The number of amides is 1. The predicted octanol–water partition coefficient (Wildman–Crippen LogP) is 1.35. The number of pyridine rings is 1. The number of nitrogens with zero attached hydrogens (tertiary/aromatic N) is 5. The molecule has 1 aliphatic rings. The molecular formula is C18H17FN8O. The summed E-state index contributed by atoms with van der Waals surface area (Å²) in [5.74, 6) is -0.103. The fourth-order valence-electron chi connectivity index (χ4n) is 3.36. The third kappa shape index (κ3) is 3.18. The van der Waals surface area contributed by atoms with Crippen molar-refractivity contribution in [3.8, 4) is 6.07 Å². The summed E-state index contributed by atoms with van der Waals surface area (Å²) in [5, 5.41) is 20.4. The molecule has 4 heterocycles. The minimum Gasteiger partial charge on any atom is -0.378 e. The Kier molecular flexibility index (Phi) is 4.49. The Morgan fingerprint density at radius 2 is 2.25 bits per heavy atom. The van der Waals surface area contributed by atoms with Crippen LogP contribution in [0.25, 0.3) is 11.0 Å². The number of primary amides is 1. The van der Waals surface area contributed by atoms with Crippen LogP contribution in [0.15, 0.2) is 30.6 Å². The first-order chi connectivity index (χ1) is 13.6. The zero-order chi connectivity index (χ0) is 19.7. The van der Waals surface area contributed by atoms with Crippen LogP contribution in [0, 0.1) is 11.3 Å². The number of rotatable bonds is 4. The van der Waals surface area contributed by atoms with E-state index < -0.39 is 18.1 Å². The predicted molar refractivity (Wildman–Crippen MR) is 100 cm³/mol. The number of hydrogen-bond acceptors (Lipinski definition) is 7. The number of anilines is 2. The van der Waals surface area contributed by atoms with E-state index in [-0.39, 0.29) is 17.8 Å². The number of nitrogens with one attached hydrogen (secondary N) is 2. The van der Waals surface area contributed by atoms with Gasteiger partial charge in [0.15, 0.2) is 11.5 Å². The molecule has 4 rings (SSSR count). The number of carbonyl (C=O) groups is 1. The van der Waals surface area contributed by atoms with Crippen molar-refractivity contribution in [3.05, 3.63) is 41.9 Å². The van der Waals surface area contributed by atoms with Crippen LogP contribution in [0.4, 0.5) is 15.9 Å². The Morgan fingerprint density at radius 1 is 1.39 bits per heavy atom. The Morgan fingerprint density at radius 3 is 2.93 bits per heavy atom. The number of nitrogens with two attached hydrogens (primary N) is 1. The van der Waals surface area contributed by atoms with Crippen LogP contribution in [0.5, 0.6) is 0 Å². The van der Waals surface area contributed by atoms with E-state index in [9.17, 15) is 9.18 Å². The van der Waals surface area contributed by atoms with Crippen molar-refractivity contribution in [2.45, 2.75) is 18.6 Å². The van der Waals surface area contributed by atoms with E-state index in [0.717, 1.165) is 0 Å². The van der Waals surface area contributed by atoms with Gasteiger partial charge in [0.1, 0.15) is 17.9 Å². The number of nitriles is 1. The summed E-state index contributed by atoms with van der Waals surface area (Å²) < 4.78 is 14.9. The van der Waals surface area contributed by atoms with Gasteiger partial charge >= 0.3 is 0 Å². The molecule has 1 fully saturated rings. The first kappa shape index (κ1) is 17.7. The van der Waals surface area contributed by atoms with Gasteiger partial charge in [-0.25, -0.2) is 9.37 Å². The molecular weight excluding hydrogens is 363 g/mol. The minimum atomic E-state index is -1.21. The van der Waals surface area contributed by atoms with E-state index in [2.05, 4.69) is 25.5 Å². The second kappa shape index (κ2) is 7.11. The summed E-state index contributed by atoms with van der Waals surface area (Å²) in [6.07, 6.45) is 2.36. The van der Waals surface area contributed by atoms with Gasteiger partial charge < -0.3 is 20.9 Å². The average Bonchev–Trinajstić information content (AvgIpc) is 3.18. The van der Waals surface area contributed by atoms with E-state index >= 15 is 0 Å². The van der Waals surface area contributed by atoms with Crippen LogP contribution < -0.4 is 16.0 Å². The highest BCUT2D eigenvalue weighted by Crippen LogP contribution is 2.29. The number of alkyl halides is 1. The van der Waals surface area contributed by atoms with E-state index in [1.807, 2.05) is 6.07 Å². The van der Waals surface area contributed by atoms with E-state index in [1.165, 1.54) is 6.20 Å². The smallest absolute Gasteiger partial charge is 0.252 e. The van der Waals surface area contributed by atoms with Gasteiger partial charge in [-0.1, -0.05) is 0 Å². The monoisotopic (exact) mass is 380 g/mol. The van der Waals surface area contributed by atoms with Crippen LogP contribution in [0.2, 0.25) is 0 Å². The number of H-pyrrole nitrogens is 1. The van der Waals surface area contributed by atoms with Crippen molar-refractivity contribution in [2.75, 3.05) is 23.3 Å². The molecule has 1 aliphatic heterocycles. The van der Waals surface area contributed by atoms with Crippen molar-refractivity contribution in [1.29, 1.82) is 5.26 Å². The SMILES string of the molecule is N#Cc1ccc(N2CC[C@H](Nc3c(C(N)=O)cnc4[nH]ccc34)[C@@H](F)C2)nn1. The lowest BCUT2D eigenvalue weighted by molar-refractivity contribution is 0.100. The molecule has 9 nitrogen and oxygen atoms in total. The number of carbonyl (C=O) groups excluding carboxylic acids is 1. The Bertz CT molecular complexity index is 1060. The highest BCUT2D eigenvalue weighted by Gasteiger charge is 2.31. The molecule has 2 atom stereocenters. The molecule has 0 spiro atoms. The summed E-state index contributed by atoms with van der Waals surface area (Å²) in [7, 11) is 0. The second-order valence-corrected chi connectivity index (χ2v) is 6.54. The van der Waals surface area contributed by atoms with Crippen molar-refractivity contribution >= 4 is 28.4 Å². The normalized spacial score (nSPS) is 19.4. The van der Waals surface area contributed by atoms with Crippen LogP contribution >= 0.6 is 0 Å². The van der Waals surface area contributed by atoms with Crippen LogP contribution in [-0.4, -0.2) is 51.4 Å². The molecule has 0 unspecified atom stereocenters. The molecule has 1 saturated heterocycles. The average molecular weight is 380 g/mol. The number of halogens is 1. The van der Waals surface area contributed by atoms with E-state index in [1.54, 1.807) is 29.3 Å².